The molecule has 152 valence electrons. The van der Waals surface area contributed by atoms with Gasteiger partial charge in [0.25, 0.3) is 0 Å². The second kappa shape index (κ2) is 7.62. The van der Waals surface area contributed by atoms with E-state index in [0.717, 1.165) is 27.8 Å². The van der Waals surface area contributed by atoms with Crippen molar-refractivity contribution in [1.29, 1.82) is 0 Å². The Morgan fingerprint density at radius 3 is 2.76 bits per heavy atom. The molecule has 4 rings (SSSR count). The molecule has 1 fully saturated rings. The molecule has 0 aliphatic carbocycles. The fourth-order valence-electron chi connectivity index (χ4n) is 3.11. The molecule has 3 aromatic rings. The van der Waals surface area contributed by atoms with E-state index >= 15 is 0 Å². The van der Waals surface area contributed by atoms with Gasteiger partial charge in [0.2, 0.25) is 0 Å². The van der Waals surface area contributed by atoms with Crippen molar-refractivity contribution in [3.05, 3.63) is 41.4 Å². The molecule has 29 heavy (non-hydrogen) atoms. The average molecular weight is 460 g/mol. The van der Waals surface area contributed by atoms with Crippen LogP contribution in [-0.4, -0.2) is 55.4 Å². The van der Waals surface area contributed by atoms with E-state index in [1.807, 2.05) is 39.1 Å². The lowest BCUT2D eigenvalue weighted by Crippen LogP contribution is -2.36. The van der Waals surface area contributed by atoms with E-state index in [-0.39, 0.29) is 12.2 Å². The van der Waals surface area contributed by atoms with Gasteiger partial charge in [-0.15, -0.1) is 0 Å². The van der Waals surface area contributed by atoms with E-state index in [9.17, 15) is 4.79 Å². The Morgan fingerprint density at radius 1 is 1.21 bits per heavy atom. The smallest absolute Gasteiger partial charge is 0.410 e. The van der Waals surface area contributed by atoms with Gasteiger partial charge in [-0.2, -0.15) is 5.10 Å². The molecule has 0 bridgehead atoms. The molecule has 1 aliphatic rings. The average Bonchev–Trinajstić information content (AvgIpc) is 3.28. The van der Waals surface area contributed by atoms with Crippen molar-refractivity contribution in [2.45, 2.75) is 38.9 Å². The maximum atomic E-state index is 12.2. The number of carbonyl (C=O) groups excluding carboxylic acids is 1. The van der Waals surface area contributed by atoms with Crippen LogP contribution in [0, 0.1) is 0 Å². The minimum Gasteiger partial charge on any atom is -0.487 e. The standard InChI is InChI=1S/C20H22BrN5O3/c1-20(2,3)29-19(27)25-7-6-15(12-25)28-14-4-5-17(22-9-14)13-8-23-18-16(21)10-24-26(18)11-13/h4-5,8-11,15H,6-7,12H2,1-3H3/t15-/m1/s1. The maximum Gasteiger partial charge on any atom is 0.410 e. The molecule has 0 radical (unpaired) electrons. The normalized spacial score (nSPS) is 17.0. The quantitative estimate of drug-likeness (QED) is 0.589. The first-order chi connectivity index (χ1) is 13.8. The third-order valence-corrected chi connectivity index (χ3v) is 5.00. The number of carbonyl (C=O) groups is 1. The molecule has 4 heterocycles. The molecule has 8 nitrogen and oxygen atoms in total. The van der Waals surface area contributed by atoms with E-state index < -0.39 is 5.60 Å². The third kappa shape index (κ3) is 4.50. The predicted molar refractivity (Wildman–Crippen MR) is 111 cm³/mol. The fourth-order valence-corrected chi connectivity index (χ4v) is 3.48. The number of halogens is 1. The van der Waals surface area contributed by atoms with Crippen LogP contribution in [0.5, 0.6) is 5.75 Å². The summed E-state index contributed by atoms with van der Waals surface area (Å²) in [5.74, 6) is 0.667. The molecule has 0 aromatic carbocycles. The number of aromatic nitrogens is 4. The lowest BCUT2D eigenvalue weighted by Gasteiger charge is -2.24. The molecule has 3 aromatic heterocycles. The highest BCUT2D eigenvalue weighted by Gasteiger charge is 2.30. The van der Waals surface area contributed by atoms with Crippen LogP contribution in [0.2, 0.25) is 0 Å². The SMILES string of the molecule is CC(C)(C)OC(=O)N1CC[C@@H](Oc2ccc(-c3cnc4c(Br)cnn4c3)nc2)C1. The third-order valence-electron chi connectivity index (χ3n) is 4.44. The van der Waals surface area contributed by atoms with Gasteiger partial charge in [0.1, 0.15) is 17.5 Å². The summed E-state index contributed by atoms with van der Waals surface area (Å²) < 4.78 is 14.0. The summed E-state index contributed by atoms with van der Waals surface area (Å²) in [7, 11) is 0. The molecule has 1 atom stereocenters. The van der Waals surface area contributed by atoms with E-state index in [1.165, 1.54) is 0 Å². The molecular formula is C20H22BrN5O3. The first kappa shape index (κ1) is 19.6. The second-order valence-corrected chi connectivity index (χ2v) is 8.79. The molecule has 0 unspecified atom stereocenters. The van der Waals surface area contributed by atoms with Gasteiger partial charge < -0.3 is 14.4 Å². The zero-order valence-electron chi connectivity index (χ0n) is 16.5. The Bertz CT molecular complexity index is 1030. The highest BCUT2D eigenvalue weighted by Crippen LogP contribution is 2.24. The van der Waals surface area contributed by atoms with Crippen molar-refractivity contribution in [2.24, 2.45) is 0 Å². The van der Waals surface area contributed by atoms with Crippen molar-refractivity contribution >= 4 is 27.7 Å². The number of amides is 1. The first-order valence-electron chi connectivity index (χ1n) is 9.38. The lowest BCUT2D eigenvalue weighted by molar-refractivity contribution is 0.0275. The van der Waals surface area contributed by atoms with Crippen molar-refractivity contribution < 1.29 is 14.3 Å². The van der Waals surface area contributed by atoms with Crippen molar-refractivity contribution in [3.8, 4) is 17.0 Å². The highest BCUT2D eigenvalue weighted by atomic mass is 79.9. The Hall–Kier alpha value is -2.68. The van der Waals surface area contributed by atoms with Crippen LogP contribution >= 0.6 is 15.9 Å². The number of pyridine rings is 1. The van der Waals surface area contributed by atoms with Crippen LogP contribution in [0.4, 0.5) is 4.79 Å². The number of hydrogen-bond acceptors (Lipinski definition) is 6. The Kier molecular flexibility index (Phi) is 5.16. The summed E-state index contributed by atoms with van der Waals surface area (Å²) in [6.07, 6.45) is 7.43. The topological polar surface area (TPSA) is 81.8 Å². The summed E-state index contributed by atoms with van der Waals surface area (Å²) in [5.41, 5.74) is 1.89. The van der Waals surface area contributed by atoms with Gasteiger partial charge in [0.15, 0.2) is 5.65 Å². The van der Waals surface area contributed by atoms with Crippen LogP contribution in [0.3, 0.4) is 0 Å². The van der Waals surface area contributed by atoms with Crippen LogP contribution in [-0.2, 0) is 4.74 Å². The molecular weight excluding hydrogens is 438 g/mol. The maximum absolute atomic E-state index is 12.2. The highest BCUT2D eigenvalue weighted by molar-refractivity contribution is 9.10. The van der Waals surface area contributed by atoms with E-state index in [1.54, 1.807) is 28.0 Å². The van der Waals surface area contributed by atoms with E-state index in [2.05, 4.69) is 31.0 Å². The van der Waals surface area contributed by atoms with Gasteiger partial charge in [0, 0.05) is 30.9 Å². The minimum atomic E-state index is -0.500. The Labute approximate surface area is 177 Å². The second-order valence-electron chi connectivity index (χ2n) is 7.94. The summed E-state index contributed by atoms with van der Waals surface area (Å²) >= 11 is 3.42. The lowest BCUT2D eigenvalue weighted by atomic mass is 10.2. The van der Waals surface area contributed by atoms with Gasteiger partial charge in [-0.1, -0.05) is 0 Å². The molecule has 0 saturated carbocycles. The van der Waals surface area contributed by atoms with E-state index in [4.69, 9.17) is 9.47 Å². The van der Waals surface area contributed by atoms with Gasteiger partial charge in [0.05, 0.1) is 29.1 Å². The van der Waals surface area contributed by atoms with Gasteiger partial charge >= 0.3 is 6.09 Å². The largest absolute Gasteiger partial charge is 0.487 e. The van der Waals surface area contributed by atoms with Gasteiger partial charge in [-0.3, -0.25) is 4.98 Å². The number of ether oxygens (including phenoxy) is 2. The van der Waals surface area contributed by atoms with Crippen LogP contribution in [0.1, 0.15) is 27.2 Å². The summed E-state index contributed by atoms with van der Waals surface area (Å²) in [4.78, 5) is 22.7. The molecule has 0 N–H and O–H groups in total. The minimum absolute atomic E-state index is 0.0744. The zero-order valence-corrected chi connectivity index (χ0v) is 18.1. The number of fused-ring (bicyclic) bond motifs is 1. The van der Waals surface area contributed by atoms with Crippen molar-refractivity contribution in [3.63, 3.8) is 0 Å². The molecule has 0 spiro atoms. The monoisotopic (exact) mass is 459 g/mol. The Balaban J connectivity index is 1.39. The summed E-state index contributed by atoms with van der Waals surface area (Å²) in [6, 6.07) is 3.76. The summed E-state index contributed by atoms with van der Waals surface area (Å²) in [6.45, 7) is 6.71. The van der Waals surface area contributed by atoms with E-state index in [0.29, 0.717) is 18.8 Å². The zero-order chi connectivity index (χ0) is 20.6. The molecule has 1 amide bonds. The van der Waals surface area contributed by atoms with Crippen LogP contribution in [0.15, 0.2) is 41.4 Å². The predicted octanol–water partition coefficient (Wildman–Crippen LogP) is 3.94. The molecule has 1 aliphatic heterocycles. The van der Waals surface area contributed by atoms with Gasteiger partial charge in [-0.25, -0.2) is 14.3 Å². The Morgan fingerprint density at radius 2 is 2.03 bits per heavy atom. The van der Waals surface area contributed by atoms with Crippen molar-refractivity contribution in [1.82, 2.24) is 24.5 Å². The fraction of sp³-hybridized carbons (Fsp3) is 0.400. The molecule has 1 saturated heterocycles. The molecule has 9 heteroatoms. The number of rotatable bonds is 3. The van der Waals surface area contributed by atoms with Gasteiger partial charge in [-0.05, 0) is 48.8 Å². The number of likely N-dealkylation sites (tertiary alicyclic amines) is 1. The van der Waals surface area contributed by atoms with Crippen molar-refractivity contribution in [2.75, 3.05) is 13.1 Å². The number of nitrogens with zero attached hydrogens (tertiary/aromatic N) is 5. The van der Waals surface area contributed by atoms with Crippen LogP contribution < -0.4 is 4.74 Å². The number of hydrogen-bond donors (Lipinski definition) is 0. The summed E-state index contributed by atoms with van der Waals surface area (Å²) in [5, 5.41) is 4.25. The van der Waals surface area contributed by atoms with Crippen LogP contribution in [0.25, 0.3) is 16.9 Å². The first-order valence-corrected chi connectivity index (χ1v) is 10.2.